The zero-order valence-corrected chi connectivity index (χ0v) is 11.1. The summed E-state index contributed by atoms with van der Waals surface area (Å²) < 4.78 is 1.18. The number of ketones is 1. The van der Waals surface area contributed by atoms with E-state index in [4.69, 9.17) is 0 Å². The largest absolute Gasteiger partial charge is 0.385 e. The van der Waals surface area contributed by atoms with Crippen molar-refractivity contribution in [2.24, 2.45) is 0 Å². The van der Waals surface area contributed by atoms with E-state index in [1.54, 1.807) is 30.4 Å². The molecule has 1 aliphatic carbocycles. The van der Waals surface area contributed by atoms with E-state index in [0.717, 1.165) is 24.8 Å². The molecule has 15 heavy (non-hydrogen) atoms. The maximum Gasteiger partial charge on any atom is 0.133 e. The van der Waals surface area contributed by atoms with Crippen molar-refractivity contribution >= 4 is 29.3 Å². The van der Waals surface area contributed by atoms with Crippen LogP contribution in [0.5, 0.6) is 0 Å². The minimum atomic E-state index is -0.854. The Morgan fingerprint density at radius 1 is 1.47 bits per heavy atom. The van der Waals surface area contributed by atoms with E-state index in [2.05, 4.69) is 0 Å². The Morgan fingerprint density at radius 2 is 2.07 bits per heavy atom. The van der Waals surface area contributed by atoms with Gasteiger partial charge in [-0.05, 0) is 44.3 Å². The summed E-state index contributed by atoms with van der Waals surface area (Å²) in [6.07, 6.45) is 6.96. The predicted octanol–water partition coefficient (Wildman–Crippen LogP) is 2.82. The molecule has 2 nitrogen and oxygen atoms in total. The molecule has 0 heterocycles. The zero-order valence-electron chi connectivity index (χ0n) is 9.50. The van der Waals surface area contributed by atoms with E-state index in [9.17, 15) is 9.90 Å². The smallest absolute Gasteiger partial charge is 0.133 e. The summed E-state index contributed by atoms with van der Waals surface area (Å²) in [5.41, 5.74) is 0.227. The Morgan fingerprint density at radius 3 is 2.53 bits per heavy atom. The number of hydrogen-bond donors (Lipinski definition) is 1. The van der Waals surface area contributed by atoms with Gasteiger partial charge < -0.3 is 5.11 Å². The minimum Gasteiger partial charge on any atom is -0.385 e. The van der Waals surface area contributed by atoms with Gasteiger partial charge in [-0.1, -0.05) is 0 Å². The first-order valence-corrected chi connectivity index (χ1v) is 7.52. The molecule has 0 bridgehead atoms. The van der Waals surface area contributed by atoms with Gasteiger partial charge in [0.15, 0.2) is 0 Å². The van der Waals surface area contributed by atoms with Crippen LogP contribution in [0.15, 0.2) is 9.81 Å². The standard InChI is InChI=1S/C11H18O2S2/c1-8(12)7-11(13)6-4-5-9(11)10(14-2)15-3/h13H,4-7H2,1-3H3. The maximum atomic E-state index is 11.2. The number of aliphatic hydroxyl groups is 1. The van der Waals surface area contributed by atoms with E-state index in [1.165, 1.54) is 4.24 Å². The van der Waals surface area contributed by atoms with Crippen molar-refractivity contribution in [3.05, 3.63) is 9.81 Å². The predicted molar refractivity (Wildman–Crippen MR) is 68.2 cm³/mol. The lowest BCUT2D eigenvalue weighted by Gasteiger charge is -2.25. The highest BCUT2D eigenvalue weighted by molar-refractivity contribution is 8.21. The van der Waals surface area contributed by atoms with Gasteiger partial charge >= 0.3 is 0 Å². The van der Waals surface area contributed by atoms with E-state index >= 15 is 0 Å². The van der Waals surface area contributed by atoms with Crippen molar-refractivity contribution in [1.29, 1.82) is 0 Å². The van der Waals surface area contributed by atoms with Gasteiger partial charge in [0.05, 0.1) is 5.60 Å². The summed E-state index contributed by atoms with van der Waals surface area (Å²) in [7, 11) is 0. The van der Waals surface area contributed by atoms with Crippen molar-refractivity contribution < 1.29 is 9.90 Å². The van der Waals surface area contributed by atoms with Crippen LogP contribution < -0.4 is 0 Å². The molecule has 1 atom stereocenters. The van der Waals surface area contributed by atoms with Gasteiger partial charge in [0.25, 0.3) is 0 Å². The Kier molecular flexibility index (Phi) is 4.74. The first kappa shape index (κ1) is 13.1. The van der Waals surface area contributed by atoms with E-state index in [0.29, 0.717) is 0 Å². The Labute approximate surface area is 99.9 Å². The number of thioether (sulfide) groups is 2. The number of Topliss-reactive ketones (excluding diaryl/α,β-unsaturated/α-hetero) is 1. The van der Waals surface area contributed by atoms with Crippen LogP contribution in [0.4, 0.5) is 0 Å². The molecule has 0 aromatic carbocycles. The fraction of sp³-hybridized carbons (Fsp3) is 0.727. The van der Waals surface area contributed by atoms with Crippen molar-refractivity contribution in [3.8, 4) is 0 Å². The number of carbonyl (C=O) groups is 1. The van der Waals surface area contributed by atoms with E-state index in [-0.39, 0.29) is 12.2 Å². The van der Waals surface area contributed by atoms with Gasteiger partial charge in [-0.15, -0.1) is 23.5 Å². The highest BCUT2D eigenvalue weighted by Crippen LogP contribution is 2.44. The number of hydrogen-bond acceptors (Lipinski definition) is 4. The number of carbonyl (C=O) groups excluding carboxylic acids is 1. The molecule has 0 aliphatic heterocycles. The molecule has 1 N–H and O–H groups in total. The molecule has 1 aliphatic rings. The van der Waals surface area contributed by atoms with Crippen LogP contribution >= 0.6 is 23.5 Å². The maximum absolute atomic E-state index is 11.2. The Hall–Kier alpha value is 0.0700. The fourth-order valence-corrected chi connectivity index (χ4v) is 3.91. The second kappa shape index (κ2) is 5.41. The zero-order chi connectivity index (χ0) is 11.5. The monoisotopic (exact) mass is 246 g/mol. The van der Waals surface area contributed by atoms with Crippen LogP contribution in [-0.4, -0.2) is 29.0 Å². The second-order valence-electron chi connectivity index (χ2n) is 3.94. The Bertz CT molecular complexity index is 280. The van der Waals surface area contributed by atoms with Gasteiger partial charge in [-0.3, -0.25) is 4.79 Å². The molecular formula is C11H18O2S2. The third-order valence-corrected chi connectivity index (χ3v) is 4.97. The summed E-state index contributed by atoms with van der Waals surface area (Å²) in [5.74, 6) is 0.0680. The van der Waals surface area contributed by atoms with Crippen LogP contribution in [-0.2, 0) is 4.79 Å². The number of rotatable bonds is 4. The van der Waals surface area contributed by atoms with Crippen LogP contribution in [0, 0.1) is 0 Å². The molecule has 86 valence electrons. The van der Waals surface area contributed by atoms with E-state index < -0.39 is 5.60 Å². The summed E-state index contributed by atoms with van der Waals surface area (Å²) in [6, 6.07) is 0. The van der Waals surface area contributed by atoms with Gasteiger partial charge in [-0.2, -0.15) is 0 Å². The van der Waals surface area contributed by atoms with Crippen LogP contribution in [0.2, 0.25) is 0 Å². The highest BCUT2D eigenvalue weighted by atomic mass is 32.2. The lowest BCUT2D eigenvalue weighted by Crippen LogP contribution is -2.29. The lowest BCUT2D eigenvalue weighted by atomic mass is 9.92. The molecule has 1 saturated carbocycles. The summed E-state index contributed by atoms with van der Waals surface area (Å²) in [6.45, 7) is 1.55. The fourth-order valence-electron chi connectivity index (χ4n) is 2.17. The minimum absolute atomic E-state index is 0.0680. The average molecular weight is 246 g/mol. The highest BCUT2D eigenvalue weighted by Gasteiger charge is 2.38. The third-order valence-electron chi connectivity index (χ3n) is 2.74. The van der Waals surface area contributed by atoms with Crippen molar-refractivity contribution in [1.82, 2.24) is 0 Å². The molecule has 1 unspecified atom stereocenters. The lowest BCUT2D eigenvalue weighted by molar-refractivity contribution is -0.120. The van der Waals surface area contributed by atoms with Gasteiger partial charge in [-0.25, -0.2) is 0 Å². The first-order valence-electron chi connectivity index (χ1n) is 5.07. The molecule has 0 saturated heterocycles. The molecular weight excluding hydrogens is 228 g/mol. The molecule has 0 spiro atoms. The van der Waals surface area contributed by atoms with Gasteiger partial charge in [0, 0.05) is 10.7 Å². The average Bonchev–Trinajstić information content (AvgIpc) is 2.49. The molecule has 1 rings (SSSR count). The second-order valence-corrected chi connectivity index (χ2v) is 5.83. The van der Waals surface area contributed by atoms with Crippen molar-refractivity contribution in [3.63, 3.8) is 0 Å². The van der Waals surface area contributed by atoms with Crippen LogP contribution in [0.1, 0.15) is 32.6 Å². The third kappa shape index (κ3) is 3.02. The van der Waals surface area contributed by atoms with Gasteiger partial charge in [0.1, 0.15) is 5.78 Å². The van der Waals surface area contributed by atoms with Crippen molar-refractivity contribution in [2.45, 2.75) is 38.2 Å². The van der Waals surface area contributed by atoms with Crippen LogP contribution in [0.3, 0.4) is 0 Å². The summed E-state index contributed by atoms with van der Waals surface area (Å²) in [5, 5.41) is 10.4. The first-order chi connectivity index (χ1) is 7.03. The normalized spacial score (nSPS) is 25.7. The molecule has 0 radical (unpaired) electrons. The molecule has 1 fully saturated rings. The summed E-state index contributed by atoms with van der Waals surface area (Å²) in [4.78, 5) is 11.2. The SMILES string of the molecule is CSC(SC)=C1CCCC1(O)CC(C)=O. The quantitative estimate of drug-likeness (QED) is 0.827. The molecule has 0 amide bonds. The van der Waals surface area contributed by atoms with E-state index in [1.807, 2.05) is 12.5 Å². The molecule has 4 heteroatoms. The Balaban J connectivity index is 2.97. The summed E-state index contributed by atoms with van der Waals surface area (Å²) >= 11 is 3.34. The molecule has 0 aromatic heterocycles. The van der Waals surface area contributed by atoms with Crippen LogP contribution in [0.25, 0.3) is 0 Å². The van der Waals surface area contributed by atoms with Crippen molar-refractivity contribution in [2.75, 3.05) is 12.5 Å². The molecule has 0 aromatic rings. The van der Waals surface area contributed by atoms with Gasteiger partial charge in [0.2, 0.25) is 0 Å². The topological polar surface area (TPSA) is 37.3 Å².